The lowest BCUT2D eigenvalue weighted by Gasteiger charge is -2.41. The molecule has 0 N–H and O–H groups in total. The Morgan fingerprint density at radius 2 is 1.77 bits per heavy atom. The van der Waals surface area contributed by atoms with Crippen molar-refractivity contribution in [1.29, 1.82) is 0 Å². The van der Waals surface area contributed by atoms with Gasteiger partial charge in [0, 0.05) is 31.9 Å². The van der Waals surface area contributed by atoms with E-state index in [0.29, 0.717) is 46.8 Å². The van der Waals surface area contributed by atoms with Gasteiger partial charge in [0.05, 0.1) is 35.1 Å². The number of aromatic nitrogens is 5. The van der Waals surface area contributed by atoms with Gasteiger partial charge in [0.1, 0.15) is 17.7 Å². The minimum atomic E-state index is -3.86. The summed E-state index contributed by atoms with van der Waals surface area (Å²) in [6, 6.07) is 10.9. The SMILES string of the molecule is Cn1cc(-c2cc3c(N4C[C@H]5CC[C@@H](C4)N5C(=O)OC(C)(C)C)ncnc3n2S(=O)(=O)Cc2ccccc2)cn1. The van der Waals surface area contributed by atoms with Gasteiger partial charge in [-0.25, -0.2) is 27.2 Å². The number of carbonyl (C=O) groups is 1. The van der Waals surface area contributed by atoms with Crippen molar-refractivity contribution in [2.45, 2.75) is 57.1 Å². The van der Waals surface area contributed by atoms with E-state index in [4.69, 9.17) is 4.74 Å². The number of carbonyl (C=O) groups excluding carboxylic acids is 1. The van der Waals surface area contributed by atoms with Gasteiger partial charge in [-0.05, 0) is 45.2 Å². The number of amides is 1. The van der Waals surface area contributed by atoms with Crippen LogP contribution < -0.4 is 4.90 Å². The number of ether oxygens (including phenoxy) is 1. The Hall–Kier alpha value is -3.93. The van der Waals surface area contributed by atoms with Crippen molar-refractivity contribution in [2.24, 2.45) is 7.05 Å². The Balaban J connectivity index is 1.41. The molecule has 6 rings (SSSR count). The number of hydrogen-bond donors (Lipinski definition) is 0. The normalized spacial score (nSPS) is 19.4. The monoisotopic (exact) mass is 563 g/mol. The second-order valence-electron chi connectivity index (χ2n) is 11.6. The van der Waals surface area contributed by atoms with Crippen LogP contribution in [0.15, 0.2) is 55.1 Å². The van der Waals surface area contributed by atoms with E-state index in [1.54, 1.807) is 36.3 Å². The summed E-state index contributed by atoms with van der Waals surface area (Å²) in [5, 5.41) is 4.92. The van der Waals surface area contributed by atoms with Gasteiger partial charge in [-0.2, -0.15) is 5.10 Å². The quantitative estimate of drug-likeness (QED) is 0.360. The van der Waals surface area contributed by atoms with Crippen molar-refractivity contribution >= 4 is 33.0 Å². The third-order valence-corrected chi connectivity index (χ3v) is 9.01. The Morgan fingerprint density at radius 3 is 2.40 bits per heavy atom. The molecule has 0 radical (unpaired) electrons. The maximum Gasteiger partial charge on any atom is 0.410 e. The number of rotatable bonds is 5. The van der Waals surface area contributed by atoms with Gasteiger partial charge in [-0.15, -0.1) is 0 Å². The van der Waals surface area contributed by atoms with Gasteiger partial charge in [-0.3, -0.25) is 9.58 Å². The molecule has 2 aliphatic heterocycles. The standard InChI is InChI=1S/C28H33N7O4S/c1-28(2,3)39-27(36)34-21-10-11-22(34)16-33(15-21)25-23-12-24(20-13-31-32(4)14-20)35(26(23)30-18-29-25)40(37,38)17-19-8-6-5-7-9-19/h5-9,12-14,18,21-22H,10-11,15-17H2,1-4H3/t21-,22+. The first-order valence-electron chi connectivity index (χ1n) is 13.4. The number of aryl methyl sites for hydroxylation is 1. The summed E-state index contributed by atoms with van der Waals surface area (Å²) in [6.45, 7) is 6.77. The van der Waals surface area contributed by atoms with Crippen molar-refractivity contribution in [1.82, 2.24) is 28.6 Å². The maximum absolute atomic E-state index is 13.9. The van der Waals surface area contributed by atoms with Gasteiger partial charge in [0.25, 0.3) is 0 Å². The Bertz CT molecular complexity index is 1660. The first-order valence-corrected chi connectivity index (χ1v) is 15.0. The van der Waals surface area contributed by atoms with Crippen LogP contribution in [0.4, 0.5) is 10.6 Å². The first-order chi connectivity index (χ1) is 19.0. The number of fused-ring (bicyclic) bond motifs is 3. The van der Waals surface area contributed by atoms with Crippen molar-refractivity contribution in [3.63, 3.8) is 0 Å². The number of hydrogen-bond acceptors (Lipinski definition) is 8. The largest absolute Gasteiger partial charge is 0.444 e. The summed E-state index contributed by atoms with van der Waals surface area (Å²) >= 11 is 0. The van der Waals surface area contributed by atoms with Crippen LogP contribution in [0.25, 0.3) is 22.3 Å². The van der Waals surface area contributed by atoms with E-state index in [1.807, 2.05) is 49.9 Å². The van der Waals surface area contributed by atoms with E-state index in [-0.39, 0.29) is 23.9 Å². The highest BCUT2D eigenvalue weighted by atomic mass is 32.2. The van der Waals surface area contributed by atoms with Crippen LogP contribution in [-0.4, -0.2) is 73.9 Å². The molecule has 5 heterocycles. The van der Waals surface area contributed by atoms with E-state index in [2.05, 4.69) is 20.0 Å². The zero-order valence-corrected chi connectivity index (χ0v) is 23.9. The highest BCUT2D eigenvalue weighted by Gasteiger charge is 2.45. The average Bonchev–Trinajstić information content (AvgIpc) is 3.56. The van der Waals surface area contributed by atoms with Gasteiger partial charge < -0.3 is 9.64 Å². The third kappa shape index (κ3) is 4.80. The van der Waals surface area contributed by atoms with Crippen molar-refractivity contribution < 1.29 is 17.9 Å². The summed E-state index contributed by atoms with van der Waals surface area (Å²) in [6.07, 6.45) is 6.32. The Kier molecular flexibility index (Phi) is 6.32. The zero-order valence-electron chi connectivity index (χ0n) is 23.1. The molecular weight excluding hydrogens is 530 g/mol. The molecule has 2 aliphatic rings. The first kappa shape index (κ1) is 26.3. The van der Waals surface area contributed by atoms with Crippen LogP contribution in [0.3, 0.4) is 0 Å². The maximum atomic E-state index is 13.9. The Labute approximate surface area is 233 Å². The molecule has 2 bridgehead atoms. The van der Waals surface area contributed by atoms with E-state index in [0.717, 1.165) is 12.8 Å². The van der Waals surface area contributed by atoms with Crippen molar-refractivity contribution in [2.75, 3.05) is 18.0 Å². The molecule has 2 fully saturated rings. The highest BCUT2D eigenvalue weighted by Crippen LogP contribution is 2.38. The topological polar surface area (TPSA) is 115 Å². The van der Waals surface area contributed by atoms with Crippen LogP contribution in [0.2, 0.25) is 0 Å². The summed E-state index contributed by atoms with van der Waals surface area (Å²) in [5.74, 6) is 0.479. The van der Waals surface area contributed by atoms with Gasteiger partial charge in [0.2, 0.25) is 10.0 Å². The molecule has 2 saturated heterocycles. The lowest BCUT2D eigenvalue weighted by molar-refractivity contribution is 0.0123. The third-order valence-electron chi connectivity index (χ3n) is 7.39. The molecule has 3 aromatic heterocycles. The smallest absolute Gasteiger partial charge is 0.410 e. The second kappa shape index (κ2) is 9.61. The predicted molar refractivity (Wildman–Crippen MR) is 151 cm³/mol. The fourth-order valence-corrected chi connectivity index (χ4v) is 7.41. The molecule has 210 valence electrons. The summed E-state index contributed by atoms with van der Waals surface area (Å²) < 4.78 is 36.5. The van der Waals surface area contributed by atoms with Crippen LogP contribution in [0.5, 0.6) is 0 Å². The lowest BCUT2D eigenvalue weighted by atomic mass is 10.1. The van der Waals surface area contributed by atoms with Crippen molar-refractivity contribution in [3.05, 3.63) is 60.7 Å². The molecule has 1 amide bonds. The van der Waals surface area contributed by atoms with Gasteiger partial charge in [-0.1, -0.05) is 30.3 Å². The fraction of sp³-hybridized carbons (Fsp3) is 0.429. The van der Waals surface area contributed by atoms with E-state index in [1.165, 1.54) is 10.3 Å². The molecule has 12 heteroatoms. The number of benzene rings is 1. The predicted octanol–water partition coefficient (Wildman–Crippen LogP) is 3.80. The van der Waals surface area contributed by atoms with Crippen LogP contribution >= 0.6 is 0 Å². The average molecular weight is 564 g/mol. The van der Waals surface area contributed by atoms with Gasteiger partial charge in [0.15, 0.2) is 5.65 Å². The van der Waals surface area contributed by atoms with E-state index < -0.39 is 15.6 Å². The highest BCUT2D eigenvalue weighted by molar-refractivity contribution is 7.89. The zero-order chi connectivity index (χ0) is 28.2. The molecule has 0 saturated carbocycles. The van der Waals surface area contributed by atoms with E-state index in [9.17, 15) is 13.2 Å². The second-order valence-corrected chi connectivity index (χ2v) is 13.4. The molecule has 11 nitrogen and oxygen atoms in total. The minimum absolute atomic E-state index is 0.0136. The summed E-state index contributed by atoms with van der Waals surface area (Å²) in [7, 11) is -2.07. The number of anilines is 1. The number of piperazine rings is 1. The van der Waals surface area contributed by atoms with Gasteiger partial charge >= 0.3 is 6.09 Å². The molecule has 0 spiro atoms. The molecule has 4 aromatic rings. The van der Waals surface area contributed by atoms with Crippen molar-refractivity contribution in [3.8, 4) is 11.3 Å². The van der Waals surface area contributed by atoms with Crippen LogP contribution in [-0.2, 0) is 27.6 Å². The molecular formula is C28H33N7O4S. The molecule has 40 heavy (non-hydrogen) atoms. The lowest BCUT2D eigenvalue weighted by Crippen LogP contribution is -2.57. The van der Waals surface area contributed by atoms with Crippen LogP contribution in [0.1, 0.15) is 39.2 Å². The molecule has 0 aliphatic carbocycles. The number of nitrogens with zero attached hydrogens (tertiary/aromatic N) is 7. The summed E-state index contributed by atoms with van der Waals surface area (Å²) in [4.78, 5) is 26.1. The van der Waals surface area contributed by atoms with Crippen LogP contribution in [0, 0.1) is 0 Å². The fourth-order valence-electron chi connectivity index (χ4n) is 5.80. The molecule has 1 aromatic carbocycles. The molecule has 0 unspecified atom stereocenters. The summed E-state index contributed by atoms with van der Waals surface area (Å²) in [5.41, 5.74) is 1.59. The minimum Gasteiger partial charge on any atom is -0.444 e. The van der Waals surface area contributed by atoms with E-state index >= 15 is 0 Å². The molecule has 2 atom stereocenters. The Morgan fingerprint density at radius 1 is 1.07 bits per heavy atom.